The Kier molecular flexibility index (Phi) is 4.66. The van der Waals surface area contributed by atoms with Crippen LogP contribution in [0.15, 0.2) is 0 Å². The number of likely N-dealkylation sites (tertiary alicyclic amines) is 1. The number of hydrogen-bond donors (Lipinski definition) is 2. The fourth-order valence-electron chi connectivity index (χ4n) is 2.80. The molecule has 2 unspecified atom stereocenters. The van der Waals surface area contributed by atoms with Crippen molar-refractivity contribution in [3.8, 4) is 0 Å². The van der Waals surface area contributed by atoms with Gasteiger partial charge >= 0.3 is 6.03 Å². The third-order valence-corrected chi connectivity index (χ3v) is 4.12. The molecule has 2 atom stereocenters. The van der Waals surface area contributed by atoms with Gasteiger partial charge in [-0.2, -0.15) is 0 Å². The van der Waals surface area contributed by atoms with Crippen LogP contribution in [-0.4, -0.2) is 43.7 Å². The molecule has 0 aromatic carbocycles. The lowest BCUT2D eigenvalue weighted by Crippen LogP contribution is -2.46. The van der Waals surface area contributed by atoms with Crippen molar-refractivity contribution in [3.63, 3.8) is 0 Å². The maximum Gasteiger partial charge on any atom is 0.317 e. The van der Waals surface area contributed by atoms with Gasteiger partial charge in [0.1, 0.15) is 0 Å². The van der Waals surface area contributed by atoms with Crippen LogP contribution < -0.4 is 10.6 Å². The second-order valence-electron chi connectivity index (χ2n) is 5.46. The van der Waals surface area contributed by atoms with Gasteiger partial charge in [0.2, 0.25) is 0 Å². The predicted molar refractivity (Wildman–Crippen MR) is 69.0 cm³/mol. The van der Waals surface area contributed by atoms with Gasteiger partial charge in [-0.05, 0) is 50.6 Å². The summed E-state index contributed by atoms with van der Waals surface area (Å²) in [7, 11) is 0. The summed E-state index contributed by atoms with van der Waals surface area (Å²) in [5, 5.41) is 6.50. The van der Waals surface area contributed by atoms with Crippen molar-refractivity contribution in [2.24, 2.45) is 11.8 Å². The summed E-state index contributed by atoms with van der Waals surface area (Å²) >= 11 is 0. The Morgan fingerprint density at radius 1 is 1.35 bits per heavy atom. The third kappa shape index (κ3) is 3.60. The maximum absolute atomic E-state index is 11.9. The fourth-order valence-corrected chi connectivity index (χ4v) is 2.80. The average molecular weight is 239 g/mol. The van der Waals surface area contributed by atoms with E-state index in [9.17, 15) is 4.79 Å². The zero-order valence-electron chi connectivity index (χ0n) is 10.9. The molecule has 98 valence electrons. The number of nitrogens with one attached hydrogen (secondary N) is 2. The van der Waals surface area contributed by atoms with E-state index in [2.05, 4.69) is 17.6 Å². The molecular formula is C13H25N3O. The number of rotatable bonds is 2. The van der Waals surface area contributed by atoms with Crippen LogP contribution in [-0.2, 0) is 0 Å². The molecule has 2 aliphatic rings. The number of urea groups is 1. The first-order chi connectivity index (χ1) is 8.27. The van der Waals surface area contributed by atoms with Crippen LogP contribution in [0.25, 0.3) is 0 Å². The minimum absolute atomic E-state index is 0.149. The van der Waals surface area contributed by atoms with Gasteiger partial charge in [0.25, 0.3) is 0 Å². The van der Waals surface area contributed by atoms with Crippen LogP contribution in [0.5, 0.6) is 0 Å². The molecule has 2 aliphatic heterocycles. The van der Waals surface area contributed by atoms with Gasteiger partial charge < -0.3 is 15.5 Å². The van der Waals surface area contributed by atoms with Crippen molar-refractivity contribution in [2.45, 2.75) is 32.6 Å². The van der Waals surface area contributed by atoms with Crippen LogP contribution in [0, 0.1) is 11.8 Å². The average Bonchev–Trinajstić information content (AvgIpc) is 2.38. The molecule has 2 heterocycles. The molecule has 4 nitrogen and oxygen atoms in total. The Labute approximate surface area is 104 Å². The standard InChI is InChI=1S/C13H25N3O/c1-11-9-14-6-5-12(11)10-15-13(17)16-7-3-2-4-8-16/h11-12,14H,2-10H2,1H3,(H,15,17). The van der Waals surface area contributed by atoms with Crippen LogP contribution >= 0.6 is 0 Å². The molecule has 0 spiro atoms. The van der Waals surface area contributed by atoms with Gasteiger partial charge in [0.05, 0.1) is 0 Å². The highest BCUT2D eigenvalue weighted by Gasteiger charge is 2.23. The first-order valence-corrected chi connectivity index (χ1v) is 7.01. The molecule has 4 heteroatoms. The second kappa shape index (κ2) is 6.24. The lowest BCUT2D eigenvalue weighted by atomic mass is 9.88. The first-order valence-electron chi connectivity index (χ1n) is 7.01. The fraction of sp³-hybridized carbons (Fsp3) is 0.923. The van der Waals surface area contributed by atoms with E-state index in [0.717, 1.165) is 45.6 Å². The molecule has 0 aliphatic carbocycles. The van der Waals surface area contributed by atoms with E-state index in [4.69, 9.17) is 0 Å². The number of carbonyl (C=O) groups is 1. The zero-order chi connectivity index (χ0) is 12.1. The van der Waals surface area contributed by atoms with Crippen molar-refractivity contribution in [3.05, 3.63) is 0 Å². The normalized spacial score (nSPS) is 30.1. The number of hydrogen-bond acceptors (Lipinski definition) is 2. The van der Waals surface area contributed by atoms with Crippen molar-refractivity contribution in [2.75, 3.05) is 32.7 Å². The Bertz CT molecular complexity index is 251. The molecule has 2 saturated heterocycles. The van der Waals surface area contributed by atoms with Crippen molar-refractivity contribution in [1.82, 2.24) is 15.5 Å². The minimum atomic E-state index is 0.149. The van der Waals surface area contributed by atoms with E-state index in [1.165, 1.54) is 12.8 Å². The topological polar surface area (TPSA) is 44.4 Å². The number of amides is 2. The van der Waals surface area contributed by atoms with Gasteiger partial charge in [-0.1, -0.05) is 6.92 Å². The molecule has 2 amide bonds. The Hall–Kier alpha value is -0.770. The van der Waals surface area contributed by atoms with Gasteiger partial charge in [-0.15, -0.1) is 0 Å². The molecule has 17 heavy (non-hydrogen) atoms. The summed E-state index contributed by atoms with van der Waals surface area (Å²) < 4.78 is 0. The van der Waals surface area contributed by atoms with Crippen LogP contribution in [0.2, 0.25) is 0 Å². The van der Waals surface area contributed by atoms with Crippen molar-refractivity contribution in [1.29, 1.82) is 0 Å². The largest absolute Gasteiger partial charge is 0.338 e. The molecule has 0 aromatic heterocycles. The molecular weight excluding hydrogens is 214 g/mol. The summed E-state index contributed by atoms with van der Waals surface area (Å²) in [5.41, 5.74) is 0. The van der Waals surface area contributed by atoms with E-state index in [1.54, 1.807) is 0 Å². The molecule has 0 saturated carbocycles. The quantitative estimate of drug-likeness (QED) is 0.765. The van der Waals surface area contributed by atoms with Gasteiger partial charge in [0.15, 0.2) is 0 Å². The molecule has 2 rings (SSSR count). The number of nitrogens with zero attached hydrogens (tertiary/aromatic N) is 1. The molecule has 0 aromatic rings. The second-order valence-corrected chi connectivity index (χ2v) is 5.46. The smallest absolute Gasteiger partial charge is 0.317 e. The highest BCUT2D eigenvalue weighted by Crippen LogP contribution is 2.17. The summed E-state index contributed by atoms with van der Waals surface area (Å²) in [6.45, 7) is 7.17. The van der Waals surface area contributed by atoms with Crippen molar-refractivity contribution >= 4 is 6.03 Å². The first kappa shape index (κ1) is 12.7. The third-order valence-electron chi connectivity index (χ3n) is 4.12. The maximum atomic E-state index is 11.9. The summed E-state index contributed by atoms with van der Waals surface area (Å²) in [6, 6.07) is 0.149. The van der Waals surface area contributed by atoms with Gasteiger partial charge in [-0.3, -0.25) is 0 Å². The Morgan fingerprint density at radius 3 is 2.82 bits per heavy atom. The van der Waals surface area contributed by atoms with E-state index < -0.39 is 0 Å². The van der Waals surface area contributed by atoms with Crippen LogP contribution in [0.4, 0.5) is 4.79 Å². The predicted octanol–water partition coefficient (Wildman–Crippen LogP) is 1.43. The lowest BCUT2D eigenvalue weighted by Gasteiger charge is -2.31. The minimum Gasteiger partial charge on any atom is -0.338 e. The molecule has 2 fully saturated rings. The number of piperidine rings is 2. The van der Waals surface area contributed by atoms with E-state index in [1.807, 2.05) is 4.90 Å². The SMILES string of the molecule is CC1CNCCC1CNC(=O)N1CCCCC1. The number of carbonyl (C=O) groups excluding carboxylic acids is 1. The van der Waals surface area contributed by atoms with Gasteiger partial charge in [-0.25, -0.2) is 4.79 Å². The zero-order valence-corrected chi connectivity index (χ0v) is 10.9. The van der Waals surface area contributed by atoms with Crippen LogP contribution in [0.1, 0.15) is 32.6 Å². The van der Waals surface area contributed by atoms with Crippen LogP contribution in [0.3, 0.4) is 0 Å². The summed E-state index contributed by atoms with van der Waals surface area (Å²) in [6.07, 6.45) is 4.78. The summed E-state index contributed by atoms with van der Waals surface area (Å²) in [5.74, 6) is 1.32. The lowest BCUT2D eigenvalue weighted by molar-refractivity contribution is 0.179. The monoisotopic (exact) mass is 239 g/mol. The van der Waals surface area contributed by atoms with Gasteiger partial charge in [0, 0.05) is 19.6 Å². The Morgan fingerprint density at radius 2 is 2.12 bits per heavy atom. The summed E-state index contributed by atoms with van der Waals surface area (Å²) in [4.78, 5) is 13.9. The highest BCUT2D eigenvalue weighted by molar-refractivity contribution is 5.74. The van der Waals surface area contributed by atoms with E-state index in [0.29, 0.717) is 11.8 Å². The molecule has 0 bridgehead atoms. The highest BCUT2D eigenvalue weighted by atomic mass is 16.2. The molecule has 2 N–H and O–H groups in total. The van der Waals surface area contributed by atoms with Crippen molar-refractivity contribution < 1.29 is 4.79 Å². The molecule has 0 radical (unpaired) electrons. The Balaban J connectivity index is 1.71. The van der Waals surface area contributed by atoms with E-state index >= 15 is 0 Å². The van der Waals surface area contributed by atoms with E-state index in [-0.39, 0.29) is 6.03 Å².